The fourth-order valence-electron chi connectivity index (χ4n) is 0.557. The van der Waals surface area contributed by atoms with Gasteiger partial charge in [0.05, 0.1) is 13.3 Å². The van der Waals surface area contributed by atoms with Gasteiger partial charge in [0, 0.05) is 0 Å². The van der Waals surface area contributed by atoms with Crippen molar-refractivity contribution in [3.05, 3.63) is 16.7 Å². The first kappa shape index (κ1) is 6.60. The maximum Gasteiger partial charge on any atom is 0.347 e. The van der Waals surface area contributed by atoms with Crippen LogP contribution in [0.2, 0.25) is 0 Å². The van der Waals surface area contributed by atoms with Crippen LogP contribution in [0.5, 0.6) is 5.88 Å². The second kappa shape index (κ2) is 2.38. The number of H-pyrrole nitrogens is 1. The summed E-state index contributed by atoms with van der Waals surface area (Å²) >= 11 is 0. The SMILES string of the molecule is COc1[nH]c(=O)ncc1N. The van der Waals surface area contributed by atoms with E-state index < -0.39 is 5.69 Å². The molecule has 1 aromatic rings. The van der Waals surface area contributed by atoms with Crippen molar-refractivity contribution < 1.29 is 4.74 Å². The van der Waals surface area contributed by atoms with Gasteiger partial charge in [-0.1, -0.05) is 0 Å². The van der Waals surface area contributed by atoms with Crippen LogP contribution in [0, 0.1) is 0 Å². The van der Waals surface area contributed by atoms with E-state index >= 15 is 0 Å². The van der Waals surface area contributed by atoms with E-state index in [0.717, 1.165) is 0 Å². The average molecular weight is 141 g/mol. The Kier molecular flexibility index (Phi) is 1.57. The molecule has 0 aromatic carbocycles. The van der Waals surface area contributed by atoms with Gasteiger partial charge in [0.15, 0.2) is 0 Å². The van der Waals surface area contributed by atoms with E-state index in [1.807, 2.05) is 0 Å². The highest BCUT2D eigenvalue weighted by Gasteiger charge is 1.97. The molecule has 0 atom stereocenters. The Morgan fingerprint density at radius 1 is 1.80 bits per heavy atom. The number of ether oxygens (including phenoxy) is 1. The lowest BCUT2D eigenvalue weighted by atomic mass is 10.5. The summed E-state index contributed by atoms with van der Waals surface area (Å²) < 4.78 is 4.71. The lowest BCUT2D eigenvalue weighted by molar-refractivity contribution is 0.397. The second-order valence-electron chi connectivity index (χ2n) is 1.68. The number of anilines is 1. The molecule has 5 heteroatoms. The van der Waals surface area contributed by atoms with Crippen LogP contribution < -0.4 is 16.2 Å². The van der Waals surface area contributed by atoms with E-state index in [0.29, 0.717) is 5.69 Å². The lowest BCUT2D eigenvalue weighted by Gasteiger charge is -1.99. The first-order valence-corrected chi connectivity index (χ1v) is 2.63. The molecular weight excluding hydrogens is 134 g/mol. The van der Waals surface area contributed by atoms with E-state index in [2.05, 4.69) is 9.97 Å². The fraction of sp³-hybridized carbons (Fsp3) is 0.200. The van der Waals surface area contributed by atoms with Crippen LogP contribution in [0.15, 0.2) is 11.0 Å². The van der Waals surface area contributed by atoms with Crippen molar-refractivity contribution in [2.24, 2.45) is 0 Å². The summed E-state index contributed by atoms with van der Waals surface area (Å²) in [6.07, 6.45) is 1.25. The molecule has 10 heavy (non-hydrogen) atoms. The molecule has 0 radical (unpaired) electrons. The molecule has 0 fully saturated rings. The Labute approximate surface area is 56.9 Å². The maximum absolute atomic E-state index is 10.5. The second-order valence-corrected chi connectivity index (χ2v) is 1.68. The molecule has 0 spiro atoms. The van der Waals surface area contributed by atoms with Crippen LogP contribution >= 0.6 is 0 Å². The summed E-state index contributed by atoms with van der Waals surface area (Å²) in [7, 11) is 1.42. The molecule has 54 valence electrons. The van der Waals surface area contributed by atoms with Crippen molar-refractivity contribution in [1.82, 2.24) is 9.97 Å². The van der Waals surface area contributed by atoms with Gasteiger partial charge in [0.2, 0.25) is 5.88 Å². The number of hydrogen-bond donors (Lipinski definition) is 2. The Balaban J connectivity index is 3.22. The first-order valence-electron chi connectivity index (χ1n) is 2.63. The van der Waals surface area contributed by atoms with Crippen molar-refractivity contribution in [3.63, 3.8) is 0 Å². The van der Waals surface area contributed by atoms with Crippen molar-refractivity contribution in [1.29, 1.82) is 0 Å². The number of nitrogen functional groups attached to an aromatic ring is 1. The van der Waals surface area contributed by atoms with Crippen molar-refractivity contribution in [2.75, 3.05) is 12.8 Å². The van der Waals surface area contributed by atoms with E-state index in [4.69, 9.17) is 10.5 Å². The van der Waals surface area contributed by atoms with E-state index in [9.17, 15) is 4.79 Å². The van der Waals surface area contributed by atoms with Gasteiger partial charge in [-0.05, 0) is 0 Å². The zero-order chi connectivity index (χ0) is 7.56. The summed E-state index contributed by atoms with van der Waals surface area (Å²) in [5.41, 5.74) is 5.20. The van der Waals surface area contributed by atoms with Crippen LogP contribution in [0.4, 0.5) is 5.69 Å². The molecule has 0 saturated carbocycles. The Morgan fingerprint density at radius 2 is 2.50 bits per heavy atom. The predicted molar refractivity (Wildman–Crippen MR) is 35.8 cm³/mol. The standard InChI is InChI=1S/C5H7N3O2/c1-10-4-3(6)2-7-5(9)8-4/h2H,6H2,1H3,(H,7,8,9). The fourth-order valence-corrected chi connectivity index (χ4v) is 0.557. The highest BCUT2D eigenvalue weighted by Crippen LogP contribution is 2.10. The summed E-state index contributed by atoms with van der Waals surface area (Å²) in [5, 5.41) is 0. The van der Waals surface area contributed by atoms with Gasteiger partial charge in [-0.15, -0.1) is 0 Å². The van der Waals surface area contributed by atoms with Crippen LogP contribution in [-0.4, -0.2) is 17.1 Å². The molecule has 3 N–H and O–H groups in total. The third-order valence-corrected chi connectivity index (χ3v) is 1.01. The Morgan fingerprint density at radius 3 is 3.00 bits per heavy atom. The third-order valence-electron chi connectivity index (χ3n) is 1.01. The third kappa shape index (κ3) is 1.07. The van der Waals surface area contributed by atoms with Gasteiger partial charge in [-0.25, -0.2) is 4.79 Å². The van der Waals surface area contributed by atoms with Crippen LogP contribution in [0.25, 0.3) is 0 Å². The van der Waals surface area contributed by atoms with Crippen LogP contribution in [-0.2, 0) is 0 Å². The Bertz CT molecular complexity index is 280. The number of nitrogens with one attached hydrogen (secondary N) is 1. The number of aromatic amines is 1. The molecule has 5 nitrogen and oxygen atoms in total. The van der Waals surface area contributed by atoms with E-state index in [-0.39, 0.29) is 5.88 Å². The van der Waals surface area contributed by atoms with Gasteiger partial charge >= 0.3 is 5.69 Å². The van der Waals surface area contributed by atoms with E-state index in [1.165, 1.54) is 13.3 Å². The molecule has 0 bridgehead atoms. The zero-order valence-corrected chi connectivity index (χ0v) is 5.42. The van der Waals surface area contributed by atoms with Gasteiger partial charge < -0.3 is 10.5 Å². The van der Waals surface area contributed by atoms with E-state index in [1.54, 1.807) is 0 Å². The number of rotatable bonds is 1. The minimum Gasteiger partial charge on any atom is -0.481 e. The normalized spacial score (nSPS) is 9.30. The van der Waals surface area contributed by atoms with Crippen LogP contribution in [0.1, 0.15) is 0 Å². The highest BCUT2D eigenvalue weighted by atomic mass is 16.5. The summed E-state index contributed by atoms with van der Waals surface area (Å²) in [4.78, 5) is 16.2. The minimum atomic E-state index is -0.467. The van der Waals surface area contributed by atoms with Crippen molar-refractivity contribution in [2.45, 2.75) is 0 Å². The van der Waals surface area contributed by atoms with Crippen LogP contribution in [0.3, 0.4) is 0 Å². The summed E-state index contributed by atoms with van der Waals surface area (Å²) in [6, 6.07) is 0. The van der Waals surface area contributed by atoms with Gasteiger partial charge in [0.25, 0.3) is 0 Å². The summed E-state index contributed by atoms with van der Waals surface area (Å²) in [6.45, 7) is 0. The van der Waals surface area contributed by atoms with Crippen molar-refractivity contribution in [3.8, 4) is 5.88 Å². The van der Waals surface area contributed by atoms with Gasteiger partial charge in [-0.3, -0.25) is 4.98 Å². The topological polar surface area (TPSA) is 81.0 Å². The molecule has 1 aromatic heterocycles. The average Bonchev–Trinajstić information content (AvgIpc) is 1.94. The molecule has 0 amide bonds. The van der Waals surface area contributed by atoms with Gasteiger partial charge in [-0.2, -0.15) is 4.98 Å². The largest absolute Gasteiger partial charge is 0.481 e. The number of nitrogens with two attached hydrogens (primary N) is 1. The lowest BCUT2D eigenvalue weighted by Crippen LogP contribution is -2.11. The first-order chi connectivity index (χ1) is 4.74. The number of nitrogens with zero attached hydrogens (tertiary/aromatic N) is 1. The molecule has 1 heterocycles. The van der Waals surface area contributed by atoms with Gasteiger partial charge in [0.1, 0.15) is 5.69 Å². The molecule has 0 aliphatic heterocycles. The Hall–Kier alpha value is -1.52. The molecule has 0 aliphatic rings. The predicted octanol–water partition coefficient (Wildman–Crippen LogP) is -0.639. The molecule has 1 rings (SSSR count). The zero-order valence-electron chi connectivity index (χ0n) is 5.42. The maximum atomic E-state index is 10.5. The number of hydrogen-bond acceptors (Lipinski definition) is 4. The molecule has 0 aliphatic carbocycles. The number of aromatic nitrogens is 2. The number of methoxy groups -OCH3 is 1. The quantitative estimate of drug-likeness (QED) is 0.545. The molecular formula is C5H7N3O2. The molecule has 0 unspecified atom stereocenters. The molecule has 0 saturated heterocycles. The highest BCUT2D eigenvalue weighted by molar-refractivity contribution is 5.44. The summed E-state index contributed by atoms with van der Waals surface area (Å²) in [5.74, 6) is 0.250. The minimum absolute atomic E-state index is 0.250. The smallest absolute Gasteiger partial charge is 0.347 e. The van der Waals surface area contributed by atoms with Crippen molar-refractivity contribution >= 4 is 5.69 Å². The monoisotopic (exact) mass is 141 g/mol.